The smallest absolute Gasteiger partial charge is 0.344 e. The summed E-state index contributed by atoms with van der Waals surface area (Å²) in [7, 11) is 0. The number of benzene rings is 2. The van der Waals surface area contributed by atoms with Gasteiger partial charge in [-0.25, -0.2) is 4.79 Å². The molecule has 3 rings (SSSR count). The van der Waals surface area contributed by atoms with Crippen LogP contribution in [0.4, 0.5) is 0 Å². The molecule has 100 valence electrons. The molecule has 4 heteroatoms. The van der Waals surface area contributed by atoms with Crippen molar-refractivity contribution in [1.29, 1.82) is 0 Å². The van der Waals surface area contributed by atoms with Gasteiger partial charge in [0.1, 0.15) is 12.0 Å². The molecular weight excluding hydrogens is 276 g/mol. The predicted octanol–water partition coefficient (Wildman–Crippen LogP) is 4.20. The number of aryl methyl sites for hydroxylation is 1. The van der Waals surface area contributed by atoms with Gasteiger partial charge in [0.2, 0.25) is 0 Å². The van der Waals surface area contributed by atoms with Crippen LogP contribution >= 0.6 is 11.6 Å². The maximum absolute atomic E-state index is 11.6. The Morgan fingerprint density at radius 3 is 2.65 bits per heavy atom. The number of halogens is 1. The SMILES string of the molecule is Cc1ccc(O/C=C2/OC(=O)c3ccccc32)cc1Cl. The van der Waals surface area contributed by atoms with Crippen molar-refractivity contribution in [3.8, 4) is 5.75 Å². The van der Waals surface area contributed by atoms with E-state index in [1.54, 1.807) is 24.3 Å². The summed E-state index contributed by atoms with van der Waals surface area (Å²) in [6.45, 7) is 1.92. The second-order valence-electron chi connectivity index (χ2n) is 4.45. The van der Waals surface area contributed by atoms with Crippen molar-refractivity contribution in [3.05, 3.63) is 70.4 Å². The Hall–Kier alpha value is -2.26. The van der Waals surface area contributed by atoms with Gasteiger partial charge in [-0.15, -0.1) is 0 Å². The van der Waals surface area contributed by atoms with Crippen LogP contribution in [-0.2, 0) is 4.74 Å². The maximum atomic E-state index is 11.6. The summed E-state index contributed by atoms with van der Waals surface area (Å²) < 4.78 is 10.7. The molecule has 0 aliphatic carbocycles. The van der Waals surface area contributed by atoms with Crippen LogP contribution in [0.25, 0.3) is 5.76 Å². The van der Waals surface area contributed by atoms with E-state index >= 15 is 0 Å². The van der Waals surface area contributed by atoms with E-state index in [1.807, 2.05) is 25.1 Å². The monoisotopic (exact) mass is 286 g/mol. The number of rotatable bonds is 2. The predicted molar refractivity (Wildman–Crippen MR) is 76.7 cm³/mol. The number of esters is 1. The van der Waals surface area contributed by atoms with Crippen LogP contribution in [0.1, 0.15) is 21.5 Å². The topological polar surface area (TPSA) is 35.5 Å². The molecule has 1 aliphatic rings. The lowest BCUT2D eigenvalue weighted by Gasteiger charge is -2.04. The first-order chi connectivity index (χ1) is 9.65. The standard InChI is InChI=1S/C16H11ClO3/c1-10-6-7-11(8-14(10)17)19-9-15-12-4-2-3-5-13(12)16(18)20-15/h2-9H,1H3/b15-9+. The Balaban J connectivity index is 1.87. The van der Waals surface area contributed by atoms with E-state index in [0.717, 1.165) is 11.1 Å². The van der Waals surface area contributed by atoms with Gasteiger partial charge < -0.3 is 9.47 Å². The van der Waals surface area contributed by atoms with E-state index < -0.39 is 0 Å². The fourth-order valence-corrected chi connectivity index (χ4v) is 2.11. The van der Waals surface area contributed by atoms with Crippen LogP contribution in [0, 0.1) is 6.92 Å². The Morgan fingerprint density at radius 1 is 1.15 bits per heavy atom. The van der Waals surface area contributed by atoms with Crippen LogP contribution in [0.3, 0.4) is 0 Å². The summed E-state index contributed by atoms with van der Waals surface area (Å²) >= 11 is 6.03. The maximum Gasteiger partial charge on any atom is 0.344 e. The Labute approximate surface area is 121 Å². The third-order valence-corrected chi connectivity index (χ3v) is 3.47. The summed E-state index contributed by atoms with van der Waals surface area (Å²) in [5.41, 5.74) is 2.25. The van der Waals surface area contributed by atoms with Crippen molar-refractivity contribution < 1.29 is 14.3 Å². The number of carbonyl (C=O) groups excluding carboxylic acids is 1. The van der Waals surface area contributed by atoms with Gasteiger partial charge in [-0.05, 0) is 30.7 Å². The highest BCUT2D eigenvalue weighted by atomic mass is 35.5. The number of carbonyl (C=O) groups is 1. The molecule has 1 aliphatic heterocycles. The van der Waals surface area contributed by atoms with Gasteiger partial charge in [0.15, 0.2) is 5.76 Å². The van der Waals surface area contributed by atoms with Crippen molar-refractivity contribution in [2.45, 2.75) is 6.92 Å². The van der Waals surface area contributed by atoms with Gasteiger partial charge in [-0.1, -0.05) is 35.9 Å². The molecular formula is C16H11ClO3. The molecule has 2 aromatic rings. The minimum atomic E-state index is -0.364. The highest BCUT2D eigenvalue weighted by molar-refractivity contribution is 6.31. The molecule has 0 aromatic heterocycles. The highest BCUT2D eigenvalue weighted by Gasteiger charge is 2.26. The molecule has 0 bridgehead atoms. The number of cyclic esters (lactones) is 1. The summed E-state index contributed by atoms with van der Waals surface area (Å²) in [6, 6.07) is 12.6. The largest absolute Gasteiger partial charge is 0.461 e. The average Bonchev–Trinajstić information content (AvgIpc) is 2.78. The lowest BCUT2D eigenvalue weighted by molar-refractivity contribution is 0.0712. The second-order valence-corrected chi connectivity index (χ2v) is 4.85. The van der Waals surface area contributed by atoms with Crippen molar-refractivity contribution in [3.63, 3.8) is 0 Å². The van der Waals surface area contributed by atoms with Crippen LogP contribution in [0.15, 0.2) is 48.7 Å². The van der Waals surface area contributed by atoms with E-state index in [9.17, 15) is 4.79 Å². The molecule has 0 spiro atoms. The van der Waals surface area contributed by atoms with Crippen molar-refractivity contribution >= 4 is 23.3 Å². The molecule has 0 saturated heterocycles. The van der Waals surface area contributed by atoms with Gasteiger partial charge in [0.05, 0.1) is 5.56 Å². The summed E-state index contributed by atoms with van der Waals surface area (Å²) in [5, 5.41) is 0.629. The third kappa shape index (κ3) is 2.28. The molecule has 0 unspecified atom stereocenters. The van der Waals surface area contributed by atoms with Gasteiger partial charge in [0, 0.05) is 10.6 Å². The number of ether oxygens (including phenoxy) is 2. The van der Waals surface area contributed by atoms with Crippen molar-refractivity contribution in [1.82, 2.24) is 0 Å². The summed E-state index contributed by atoms with van der Waals surface area (Å²) in [5.74, 6) is 0.633. The highest BCUT2D eigenvalue weighted by Crippen LogP contribution is 2.30. The molecule has 0 radical (unpaired) electrons. The average molecular weight is 287 g/mol. The van der Waals surface area contributed by atoms with Gasteiger partial charge in [-0.3, -0.25) is 0 Å². The minimum Gasteiger partial charge on any atom is -0.461 e. The first-order valence-electron chi connectivity index (χ1n) is 6.10. The molecule has 0 saturated carbocycles. The lowest BCUT2D eigenvalue weighted by atomic mass is 10.1. The van der Waals surface area contributed by atoms with Crippen LogP contribution < -0.4 is 4.74 Å². The molecule has 2 aromatic carbocycles. The Kier molecular flexibility index (Phi) is 3.20. The molecule has 0 amide bonds. The Bertz CT molecular complexity index is 719. The quantitative estimate of drug-likeness (QED) is 0.613. The van der Waals surface area contributed by atoms with Gasteiger partial charge in [0.25, 0.3) is 0 Å². The minimum absolute atomic E-state index is 0.364. The van der Waals surface area contributed by atoms with Crippen LogP contribution in [-0.4, -0.2) is 5.97 Å². The van der Waals surface area contributed by atoms with E-state index in [2.05, 4.69) is 0 Å². The molecule has 0 N–H and O–H groups in total. The zero-order valence-electron chi connectivity index (χ0n) is 10.7. The first kappa shape index (κ1) is 12.8. The summed E-state index contributed by atoms with van der Waals surface area (Å²) in [4.78, 5) is 11.6. The van der Waals surface area contributed by atoms with E-state index in [0.29, 0.717) is 22.1 Å². The fraction of sp³-hybridized carbons (Fsp3) is 0.0625. The van der Waals surface area contributed by atoms with E-state index in [1.165, 1.54) is 6.26 Å². The second kappa shape index (κ2) is 5.02. The summed E-state index contributed by atoms with van der Waals surface area (Å²) in [6.07, 6.45) is 1.42. The number of hydrogen-bond donors (Lipinski definition) is 0. The van der Waals surface area contributed by atoms with Gasteiger partial charge >= 0.3 is 5.97 Å². The van der Waals surface area contributed by atoms with Crippen LogP contribution in [0.2, 0.25) is 5.02 Å². The Morgan fingerprint density at radius 2 is 1.90 bits per heavy atom. The molecule has 0 atom stereocenters. The van der Waals surface area contributed by atoms with Crippen molar-refractivity contribution in [2.75, 3.05) is 0 Å². The first-order valence-corrected chi connectivity index (χ1v) is 6.47. The normalized spacial score (nSPS) is 15.1. The van der Waals surface area contributed by atoms with Crippen molar-refractivity contribution in [2.24, 2.45) is 0 Å². The zero-order valence-corrected chi connectivity index (χ0v) is 11.5. The molecule has 3 nitrogen and oxygen atoms in total. The van der Waals surface area contributed by atoms with E-state index in [-0.39, 0.29) is 5.97 Å². The molecule has 20 heavy (non-hydrogen) atoms. The third-order valence-electron chi connectivity index (χ3n) is 3.06. The fourth-order valence-electron chi connectivity index (χ4n) is 1.94. The van der Waals surface area contributed by atoms with Gasteiger partial charge in [-0.2, -0.15) is 0 Å². The lowest BCUT2D eigenvalue weighted by Crippen LogP contribution is -1.92. The van der Waals surface area contributed by atoms with E-state index in [4.69, 9.17) is 21.1 Å². The molecule has 0 fully saturated rings. The number of hydrogen-bond acceptors (Lipinski definition) is 3. The zero-order chi connectivity index (χ0) is 14.1. The molecule has 1 heterocycles. The van der Waals surface area contributed by atoms with Crippen LogP contribution in [0.5, 0.6) is 5.75 Å². The number of fused-ring (bicyclic) bond motifs is 1.